The molecular weight excluding hydrogens is 160 g/mol. The van der Waals surface area contributed by atoms with Crippen molar-refractivity contribution in [2.75, 3.05) is 0 Å². The van der Waals surface area contributed by atoms with Crippen LogP contribution in [-0.4, -0.2) is 21.2 Å². The topological polar surface area (TPSA) is 99.3 Å². The number of hydrogen-bond donors (Lipinski definition) is 4. The maximum absolute atomic E-state index is 10.2. The molecule has 1 aromatic rings. The molecule has 0 spiro atoms. The number of carboxylic acid groups (broad SMARTS) is 1. The molecule has 66 valence electrons. The van der Waals surface area contributed by atoms with Gasteiger partial charge in [-0.25, -0.2) is 0 Å². The molecule has 5 heteroatoms. The van der Waals surface area contributed by atoms with Gasteiger partial charge in [-0.15, -0.1) is 0 Å². The smallest absolute Gasteiger partial charge is 0.305 e. The summed E-state index contributed by atoms with van der Waals surface area (Å²) < 4.78 is 0. The van der Waals surface area contributed by atoms with Crippen LogP contribution < -0.4 is 5.73 Å². The molecule has 1 rings (SSSR count). The molecule has 0 saturated heterocycles. The van der Waals surface area contributed by atoms with Gasteiger partial charge < -0.3 is 20.9 Å². The summed E-state index contributed by atoms with van der Waals surface area (Å²) in [7, 11) is 0. The van der Waals surface area contributed by atoms with Crippen molar-refractivity contribution < 1.29 is 15.0 Å². The van der Waals surface area contributed by atoms with Crippen LogP contribution in [0, 0.1) is 0 Å². The van der Waals surface area contributed by atoms with Crippen molar-refractivity contribution >= 4 is 5.97 Å². The van der Waals surface area contributed by atoms with Gasteiger partial charge in [0, 0.05) is 6.20 Å². The van der Waals surface area contributed by atoms with Crippen LogP contribution in [0.1, 0.15) is 18.2 Å². The number of carboxylic acids is 1. The molecule has 5 N–H and O–H groups in total. The van der Waals surface area contributed by atoms with E-state index in [2.05, 4.69) is 4.98 Å². The molecule has 0 aliphatic carbocycles. The van der Waals surface area contributed by atoms with Gasteiger partial charge in [0.15, 0.2) is 0 Å². The predicted molar refractivity (Wildman–Crippen MR) is 41.6 cm³/mol. The molecule has 0 saturated carbocycles. The highest BCUT2D eigenvalue weighted by Crippen LogP contribution is 2.22. The number of aliphatic carboxylic acids is 1. The quantitative estimate of drug-likeness (QED) is 0.520. The molecule has 1 heterocycles. The molecule has 0 unspecified atom stereocenters. The van der Waals surface area contributed by atoms with E-state index < -0.39 is 12.0 Å². The van der Waals surface area contributed by atoms with E-state index >= 15 is 0 Å². The summed E-state index contributed by atoms with van der Waals surface area (Å²) >= 11 is 0. The van der Waals surface area contributed by atoms with E-state index in [1.807, 2.05) is 0 Å². The lowest BCUT2D eigenvalue weighted by atomic mass is 10.1. The Labute approximate surface area is 68.8 Å². The van der Waals surface area contributed by atoms with Gasteiger partial charge in [-0.2, -0.15) is 0 Å². The molecule has 12 heavy (non-hydrogen) atoms. The third kappa shape index (κ3) is 1.76. The van der Waals surface area contributed by atoms with Crippen molar-refractivity contribution in [3.05, 3.63) is 18.0 Å². The lowest BCUT2D eigenvalue weighted by molar-refractivity contribution is -0.137. The Bertz CT molecular complexity index is 282. The molecule has 1 atom stereocenters. The summed E-state index contributed by atoms with van der Waals surface area (Å²) in [5.74, 6) is -0.986. The third-order valence-corrected chi connectivity index (χ3v) is 1.52. The Morgan fingerprint density at radius 2 is 2.42 bits per heavy atom. The highest BCUT2D eigenvalue weighted by molar-refractivity contribution is 5.67. The third-order valence-electron chi connectivity index (χ3n) is 1.52. The maximum Gasteiger partial charge on any atom is 0.305 e. The predicted octanol–water partition coefficient (Wildman–Crippen LogP) is 0.195. The highest BCUT2D eigenvalue weighted by Gasteiger charge is 2.14. The van der Waals surface area contributed by atoms with Crippen LogP contribution in [0.2, 0.25) is 0 Å². The van der Waals surface area contributed by atoms with Crippen LogP contribution in [0.4, 0.5) is 0 Å². The molecule has 0 radical (unpaired) electrons. The number of aromatic hydroxyl groups is 1. The fourth-order valence-corrected chi connectivity index (χ4v) is 0.961. The standard InChI is InChI=1S/C7H10N2O3/c8-4(3-6(11)12)7-5(10)1-2-9-7/h1-2,4,9-10H,3,8H2,(H,11,12)/t4-/m0/s1. The van der Waals surface area contributed by atoms with E-state index in [0.717, 1.165) is 0 Å². The minimum absolute atomic E-state index is 0.00347. The van der Waals surface area contributed by atoms with E-state index in [1.165, 1.54) is 12.3 Å². The van der Waals surface area contributed by atoms with Gasteiger partial charge in [-0.1, -0.05) is 0 Å². The minimum Gasteiger partial charge on any atom is -0.506 e. The molecule has 5 nitrogen and oxygen atoms in total. The second-order valence-corrected chi connectivity index (χ2v) is 2.48. The van der Waals surface area contributed by atoms with Gasteiger partial charge in [-0.05, 0) is 6.07 Å². The molecule has 1 aromatic heterocycles. The number of rotatable bonds is 3. The van der Waals surface area contributed by atoms with Gasteiger partial charge in [0.2, 0.25) is 0 Å². The van der Waals surface area contributed by atoms with E-state index in [4.69, 9.17) is 15.9 Å². The first kappa shape index (κ1) is 8.61. The number of aromatic amines is 1. The van der Waals surface area contributed by atoms with Crippen molar-refractivity contribution in [1.82, 2.24) is 4.98 Å². The first-order chi connectivity index (χ1) is 5.61. The van der Waals surface area contributed by atoms with Crippen molar-refractivity contribution in [2.24, 2.45) is 5.73 Å². The second-order valence-electron chi connectivity index (χ2n) is 2.48. The SMILES string of the molecule is N[C@@H](CC(=O)O)c1[nH]ccc1O. The number of nitrogens with one attached hydrogen (secondary N) is 1. The van der Waals surface area contributed by atoms with Crippen LogP contribution in [-0.2, 0) is 4.79 Å². The number of nitrogens with two attached hydrogens (primary N) is 1. The van der Waals surface area contributed by atoms with Crippen molar-refractivity contribution in [3.63, 3.8) is 0 Å². The maximum atomic E-state index is 10.2. The minimum atomic E-state index is -0.989. The van der Waals surface area contributed by atoms with Crippen LogP contribution in [0.5, 0.6) is 5.75 Å². The van der Waals surface area contributed by atoms with Gasteiger partial charge in [0.1, 0.15) is 5.75 Å². The number of aromatic nitrogens is 1. The van der Waals surface area contributed by atoms with Crippen molar-refractivity contribution in [3.8, 4) is 5.75 Å². The number of carbonyl (C=O) groups is 1. The monoisotopic (exact) mass is 170 g/mol. The Morgan fingerprint density at radius 3 is 2.83 bits per heavy atom. The summed E-state index contributed by atoms with van der Waals surface area (Å²) in [5.41, 5.74) is 5.83. The zero-order valence-corrected chi connectivity index (χ0v) is 6.32. The fourth-order valence-electron chi connectivity index (χ4n) is 0.961. The summed E-state index contributed by atoms with van der Waals surface area (Å²) in [6.45, 7) is 0. The summed E-state index contributed by atoms with van der Waals surface area (Å²) in [6.07, 6.45) is 1.31. The lowest BCUT2D eigenvalue weighted by Crippen LogP contribution is -2.15. The molecular formula is C7H10N2O3. The van der Waals surface area contributed by atoms with Crippen LogP contribution in [0.3, 0.4) is 0 Å². The van der Waals surface area contributed by atoms with Gasteiger partial charge in [0.05, 0.1) is 18.2 Å². The Balaban J connectivity index is 2.71. The van der Waals surface area contributed by atoms with E-state index in [9.17, 15) is 4.79 Å². The molecule has 0 fully saturated rings. The van der Waals surface area contributed by atoms with E-state index in [1.54, 1.807) is 0 Å². The first-order valence-electron chi connectivity index (χ1n) is 3.45. The van der Waals surface area contributed by atoms with Crippen LogP contribution >= 0.6 is 0 Å². The summed E-state index contributed by atoms with van der Waals surface area (Å²) in [4.78, 5) is 12.9. The van der Waals surface area contributed by atoms with Gasteiger partial charge in [0.25, 0.3) is 0 Å². The first-order valence-corrected chi connectivity index (χ1v) is 3.45. The average molecular weight is 170 g/mol. The Hall–Kier alpha value is -1.49. The molecule has 0 aliphatic heterocycles. The Kier molecular flexibility index (Phi) is 2.35. The molecule has 0 amide bonds. The number of H-pyrrole nitrogens is 1. The summed E-state index contributed by atoms with van der Waals surface area (Å²) in [6, 6.07) is 0.745. The largest absolute Gasteiger partial charge is 0.506 e. The zero-order valence-electron chi connectivity index (χ0n) is 6.32. The van der Waals surface area contributed by atoms with Crippen LogP contribution in [0.25, 0.3) is 0 Å². The zero-order chi connectivity index (χ0) is 9.14. The van der Waals surface area contributed by atoms with Crippen molar-refractivity contribution in [2.45, 2.75) is 12.5 Å². The second kappa shape index (κ2) is 3.27. The fraction of sp³-hybridized carbons (Fsp3) is 0.286. The summed E-state index contributed by atoms with van der Waals surface area (Å²) in [5, 5.41) is 17.5. The normalized spacial score (nSPS) is 12.8. The molecule has 0 bridgehead atoms. The van der Waals surface area contributed by atoms with Gasteiger partial charge in [-0.3, -0.25) is 4.79 Å². The number of hydrogen-bond acceptors (Lipinski definition) is 3. The lowest BCUT2D eigenvalue weighted by Gasteiger charge is -2.06. The average Bonchev–Trinajstić information content (AvgIpc) is 2.33. The van der Waals surface area contributed by atoms with E-state index in [-0.39, 0.29) is 12.2 Å². The van der Waals surface area contributed by atoms with Crippen molar-refractivity contribution in [1.29, 1.82) is 0 Å². The highest BCUT2D eigenvalue weighted by atomic mass is 16.4. The molecule has 0 aromatic carbocycles. The Morgan fingerprint density at radius 1 is 1.75 bits per heavy atom. The molecule has 0 aliphatic rings. The van der Waals surface area contributed by atoms with Crippen LogP contribution in [0.15, 0.2) is 12.3 Å². The van der Waals surface area contributed by atoms with E-state index in [0.29, 0.717) is 5.69 Å². The van der Waals surface area contributed by atoms with Gasteiger partial charge >= 0.3 is 5.97 Å².